The summed E-state index contributed by atoms with van der Waals surface area (Å²) in [6.45, 7) is 13.3. The van der Waals surface area contributed by atoms with Crippen LogP contribution in [0.1, 0.15) is 27.7 Å². The lowest BCUT2D eigenvalue weighted by Crippen LogP contribution is -2.38. The van der Waals surface area contributed by atoms with Crippen LogP contribution in [0.15, 0.2) is 12.2 Å². The molecule has 104 valence electrons. The van der Waals surface area contributed by atoms with Crippen molar-refractivity contribution in [3.8, 4) is 0 Å². The maximum Gasteiger partial charge on any atom is 0.226 e. The van der Waals surface area contributed by atoms with Gasteiger partial charge in [0.05, 0.1) is 31.3 Å². The molecule has 0 aliphatic carbocycles. The monoisotopic (exact) mass is 255 g/mol. The standard InChI is InChI=1S/C14H25NO3/c1-9(2)8-17-7-6-15-14(16)13-10(3)11(4)18-12(13)5/h10-13H,1,6-8H2,2-5H3,(H,15,16). The summed E-state index contributed by atoms with van der Waals surface area (Å²) in [5.74, 6) is 0.274. The molecule has 1 amide bonds. The second-order valence-corrected chi connectivity index (χ2v) is 5.23. The highest BCUT2D eigenvalue weighted by Gasteiger charge is 2.41. The van der Waals surface area contributed by atoms with Crippen LogP contribution in [0.25, 0.3) is 0 Å². The fraction of sp³-hybridized carbons (Fsp3) is 0.786. The van der Waals surface area contributed by atoms with E-state index in [1.165, 1.54) is 0 Å². The van der Waals surface area contributed by atoms with E-state index in [2.05, 4.69) is 18.8 Å². The quantitative estimate of drug-likeness (QED) is 0.581. The molecule has 1 aliphatic rings. The number of hydrogen-bond donors (Lipinski definition) is 1. The van der Waals surface area contributed by atoms with Crippen LogP contribution < -0.4 is 5.32 Å². The number of ether oxygens (including phenoxy) is 2. The van der Waals surface area contributed by atoms with Crippen molar-refractivity contribution in [1.29, 1.82) is 0 Å². The fourth-order valence-corrected chi connectivity index (χ4v) is 2.33. The first kappa shape index (κ1) is 15.2. The normalized spacial score (nSPS) is 31.3. The molecule has 0 aromatic rings. The Morgan fingerprint density at radius 2 is 2.00 bits per heavy atom. The van der Waals surface area contributed by atoms with Crippen molar-refractivity contribution in [3.63, 3.8) is 0 Å². The zero-order valence-corrected chi connectivity index (χ0v) is 11.9. The first-order chi connectivity index (χ1) is 8.43. The number of hydrogen-bond acceptors (Lipinski definition) is 3. The van der Waals surface area contributed by atoms with E-state index < -0.39 is 0 Å². The number of nitrogens with one attached hydrogen (secondary N) is 1. The highest BCUT2D eigenvalue weighted by atomic mass is 16.5. The SMILES string of the molecule is C=C(C)COCCNC(=O)C1C(C)OC(C)C1C. The average molecular weight is 255 g/mol. The smallest absolute Gasteiger partial charge is 0.226 e. The van der Waals surface area contributed by atoms with Crippen molar-refractivity contribution < 1.29 is 14.3 Å². The van der Waals surface area contributed by atoms with Crippen LogP contribution in [0.3, 0.4) is 0 Å². The van der Waals surface area contributed by atoms with Crippen molar-refractivity contribution >= 4 is 5.91 Å². The van der Waals surface area contributed by atoms with E-state index >= 15 is 0 Å². The minimum Gasteiger partial charge on any atom is -0.375 e. The molecule has 0 aromatic carbocycles. The minimum atomic E-state index is -0.0545. The summed E-state index contributed by atoms with van der Waals surface area (Å²) >= 11 is 0. The van der Waals surface area contributed by atoms with Crippen molar-refractivity contribution in [2.24, 2.45) is 11.8 Å². The van der Waals surface area contributed by atoms with Gasteiger partial charge < -0.3 is 14.8 Å². The van der Waals surface area contributed by atoms with Gasteiger partial charge in [-0.1, -0.05) is 19.1 Å². The second-order valence-electron chi connectivity index (χ2n) is 5.23. The van der Waals surface area contributed by atoms with E-state index in [1.807, 2.05) is 20.8 Å². The lowest BCUT2D eigenvalue weighted by atomic mass is 9.89. The van der Waals surface area contributed by atoms with Crippen molar-refractivity contribution in [2.45, 2.75) is 39.9 Å². The van der Waals surface area contributed by atoms with Crippen LogP contribution in [0, 0.1) is 11.8 Å². The molecule has 18 heavy (non-hydrogen) atoms. The van der Waals surface area contributed by atoms with Gasteiger partial charge in [-0.05, 0) is 26.7 Å². The first-order valence-electron chi connectivity index (χ1n) is 6.58. The third-order valence-electron chi connectivity index (χ3n) is 3.44. The van der Waals surface area contributed by atoms with E-state index in [9.17, 15) is 4.79 Å². The van der Waals surface area contributed by atoms with Crippen LogP contribution in [-0.4, -0.2) is 37.9 Å². The topological polar surface area (TPSA) is 47.6 Å². The third kappa shape index (κ3) is 4.10. The molecule has 4 heteroatoms. The van der Waals surface area contributed by atoms with Gasteiger partial charge >= 0.3 is 0 Å². The number of rotatable bonds is 6. The minimum absolute atomic E-state index is 0.00802. The second kappa shape index (κ2) is 6.90. The molecule has 0 aromatic heterocycles. The lowest BCUT2D eigenvalue weighted by Gasteiger charge is -2.17. The van der Waals surface area contributed by atoms with Crippen LogP contribution in [0.5, 0.6) is 0 Å². The van der Waals surface area contributed by atoms with Gasteiger partial charge in [0.2, 0.25) is 5.91 Å². The summed E-state index contributed by atoms with van der Waals surface area (Å²) in [5.41, 5.74) is 0.988. The molecule has 0 spiro atoms. The van der Waals surface area contributed by atoms with Crippen LogP contribution in [0.2, 0.25) is 0 Å². The van der Waals surface area contributed by atoms with E-state index in [-0.39, 0.29) is 30.0 Å². The molecule has 0 radical (unpaired) electrons. The van der Waals surface area contributed by atoms with Crippen molar-refractivity contribution in [2.75, 3.05) is 19.8 Å². The first-order valence-corrected chi connectivity index (χ1v) is 6.58. The lowest BCUT2D eigenvalue weighted by molar-refractivity contribution is -0.127. The van der Waals surface area contributed by atoms with Gasteiger partial charge in [-0.15, -0.1) is 0 Å². The average Bonchev–Trinajstić information content (AvgIpc) is 2.52. The van der Waals surface area contributed by atoms with Gasteiger partial charge in [0.25, 0.3) is 0 Å². The Morgan fingerprint density at radius 1 is 1.33 bits per heavy atom. The number of carbonyl (C=O) groups excluding carboxylic acids is 1. The van der Waals surface area contributed by atoms with Gasteiger partial charge in [0.1, 0.15) is 0 Å². The summed E-state index contributed by atoms with van der Waals surface area (Å²) in [6.07, 6.45) is 0.141. The molecule has 0 bridgehead atoms. The molecule has 1 rings (SSSR count). The van der Waals surface area contributed by atoms with Gasteiger partial charge in [-0.25, -0.2) is 0 Å². The zero-order chi connectivity index (χ0) is 13.7. The molecule has 1 heterocycles. The largest absolute Gasteiger partial charge is 0.375 e. The van der Waals surface area contributed by atoms with Gasteiger partial charge in [-0.2, -0.15) is 0 Å². The van der Waals surface area contributed by atoms with Crippen LogP contribution in [0.4, 0.5) is 0 Å². The highest BCUT2D eigenvalue weighted by Crippen LogP contribution is 2.31. The predicted octanol–water partition coefficient (Wildman–Crippen LogP) is 1.75. The van der Waals surface area contributed by atoms with Gasteiger partial charge in [0, 0.05) is 6.54 Å². The van der Waals surface area contributed by atoms with E-state index in [0.29, 0.717) is 19.8 Å². The summed E-state index contributed by atoms with van der Waals surface area (Å²) < 4.78 is 11.0. The van der Waals surface area contributed by atoms with Crippen molar-refractivity contribution in [3.05, 3.63) is 12.2 Å². The molecule has 1 saturated heterocycles. The summed E-state index contributed by atoms with van der Waals surface area (Å²) in [7, 11) is 0. The summed E-state index contributed by atoms with van der Waals surface area (Å²) in [4.78, 5) is 12.0. The third-order valence-corrected chi connectivity index (χ3v) is 3.44. The van der Waals surface area contributed by atoms with E-state index in [0.717, 1.165) is 5.57 Å². The molecule has 4 atom stereocenters. The number of amides is 1. The zero-order valence-electron chi connectivity index (χ0n) is 11.9. The van der Waals surface area contributed by atoms with E-state index in [4.69, 9.17) is 9.47 Å². The Morgan fingerprint density at radius 3 is 2.50 bits per heavy atom. The Kier molecular flexibility index (Phi) is 5.82. The summed E-state index contributed by atoms with van der Waals surface area (Å²) in [5, 5.41) is 2.91. The Labute approximate surface area is 110 Å². The Bertz CT molecular complexity index is 303. The van der Waals surface area contributed by atoms with Gasteiger partial charge in [0.15, 0.2) is 0 Å². The molecule has 0 saturated carbocycles. The fourth-order valence-electron chi connectivity index (χ4n) is 2.33. The van der Waals surface area contributed by atoms with Crippen LogP contribution in [-0.2, 0) is 14.3 Å². The molecule has 1 aliphatic heterocycles. The Hall–Kier alpha value is -0.870. The molecule has 1 N–H and O–H groups in total. The van der Waals surface area contributed by atoms with Gasteiger partial charge in [-0.3, -0.25) is 4.79 Å². The van der Waals surface area contributed by atoms with Crippen LogP contribution >= 0.6 is 0 Å². The van der Waals surface area contributed by atoms with E-state index in [1.54, 1.807) is 0 Å². The predicted molar refractivity (Wildman–Crippen MR) is 71.3 cm³/mol. The molecular formula is C14H25NO3. The highest BCUT2D eigenvalue weighted by molar-refractivity contribution is 5.79. The van der Waals surface area contributed by atoms with Crippen molar-refractivity contribution in [1.82, 2.24) is 5.32 Å². The number of carbonyl (C=O) groups is 1. The maximum atomic E-state index is 12.0. The summed E-state index contributed by atoms with van der Waals surface area (Å²) in [6, 6.07) is 0. The maximum absolute atomic E-state index is 12.0. The molecule has 1 fully saturated rings. The molecule has 4 nitrogen and oxygen atoms in total. The Balaban J connectivity index is 2.26. The molecular weight excluding hydrogens is 230 g/mol. The molecule has 4 unspecified atom stereocenters.